The number of carbonyl (C=O) groups excluding carboxylic acids is 2. The first kappa shape index (κ1) is 38.0. The number of unbranched alkanes of at least 4 members (excludes halogenated alkanes) is 15. The molecular weight excluding hydrogens is 519 g/mol. The summed E-state index contributed by atoms with van der Waals surface area (Å²) in [6.07, 6.45) is 21.3. The highest BCUT2D eigenvalue weighted by atomic mass is 31.2. The smallest absolute Gasteiger partial charge is 0.462 e. The van der Waals surface area contributed by atoms with Crippen molar-refractivity contribution in [1.29, 1.82) is 0 Å². The van der Waals surface area contributed by atoms with Crippen LogP contribution < -0.4 is 0 Å². The number of hydrogen-bond acceptors (Lipinski definition) is 6. The Labute approximate surface area is 238 Å². The fourth-order valence-corrected chi connectivity index (χ4v) is 4.77. The quantitative estimate of drug-likeness (QED) is 0.0539. The fourth-order valence-electron chi connectivity index (χ4n) is 4.41. The van der Waals surface area contributed by atoms with Crippen molar-refractivity contribution in [3.05, 3.63) is 0 Å². The van der Waals surface area contributed by atoms with Crippen molar-refractivity contribution in [3.63, 3.8) is 0 Å². The van der Waals surface area contributed by atoms with Crippen molar-refractivity contribution in [1.82, 2.24) is 0 Å². The van der Waals surface area contributed by atoms with Gasteiger partial charge in [-0.3, -0.25) is 14.1 Å². The minimum absolute atomic E-state index is 0.217. The average Bonchev–Trinajstić information content (AvgIpc) is 2.89. The molecule has 39 heavy (non-hydrogen) atoms. The predicted molar refractivity (Wildman–Crippen MR) is 156 cm³/mol. The molecule has 0 aromatic heterocycles. The van der Waals surface area contributed by atoms with Gasteiger partial charge in [-0.2, -0.15) is 0 Å². The van der Waals surface area contributed by atoms with Gasteiger partial charge in [-0.1, -0.05) is 130 Å². The summed E-state index contributed by atoms with van der Waals surface area (Å²) in [5, 5.41) is 0. The highest BCUT2D eigenvalue weighted by Gasteiger charge is 2.22. The Hall–Kier alpha value is -0.950. The molecule has 0 bridgehead atoms. The number of carbonyl (C=O) groups is 2. The van der Waals surface area contributed by atoms with Crippen molar-refractivity contribution in [2.75, 3.05) is 13.2 Å². The second-order valence-corrected chi connectivity index (χ2v) is 12.3. The van der Waals surface area contributed by atoms with Crippen molar-refractivity contribution in [3.8, 4) is 0 Å². The first-order valence-electron chi connectivity index (χ1n) is 15.7. The largest absolute Gasteiger partial charge is 0.469 e. The Bertz CT molecular complexity index is 636. The monoisotopic (exact) mass is 578 g/mol. The van der Waals surface area contributed by atoms with E-state index in [9.17, 15) is 14.2 Å². The lowest BCUT2D eigenvalue weighted by Gasteiger charge is -2.18. The van der Waals surface area contributed by atoms with Crippen LogP contribution >= 0.6 is 7.82 Å². The maximum absolute atomic E-state index is 12.3. The van der Waals surface area contributed by atoms with E-state index in [1.807, 2.05) is 0 Å². The molecule has 9 heteroatoms. The summed E-state index contributed by atoms with van der Waals surface area (Å²) in [4.78, 5) is 42.3. The summed E-state index contributed by atoms with van der Waals surface area (Å²) < 4.78 is 26.1. The van der Waals surface area contributed by atoms with Crippen LogP contribution in [0.1, 0.15) is 156 Å². The molecule has 0 radical (unpaired) electrons. The second kappa shape index (κ2) is 26.0. The Morgan fingerprint density at radius 1 is 0.667 bits per heavy atom. The molecule has 0 saturated heterocycles. The van der Waals surface area contributed by atoms with Crippen LogP contribution in [-0.2, 0) is 28.2 Å². The zero-order valence-corrected chi connectivity index (χ0v) is 26.1. The summed E-state index contributed by atoms with van der Waals surface area (Å²) in [6, 6.07) is 0. The highest BCUT2D eigenvalue weighted by Crippen LogP contribution is 2.35. The zero-order chi connectivity index (χ0) is 29.2. The molecule has 232 valence electrons. The Balaban J connectivity index is 4.00. The minimum atomic E-state index is -4.73. The molecule has 0 amide bonds. The third-order valence-corrected chi connectivity index (χ3v) is 7.65. The van der Waals surface area contributed by atoms with E-state index in [0.717, 1.165) is 44.4 Å². The van der Waals surface area contributed by atoms with E-state index < -0.39 is 32.5 Å². The Morgan fingerprint density at radius 2 is 1.13 bits per heavy atom. The van der Waals surface area contributed by atoms with Crippen LogP contribution in [0.15, 0.2) is 0 Å². The number of ether oxygens (including phenoxy) is 2. The molecule has 0 heterocycles. The minimum Gasteiger partial charge on any atom is -0.462 e. The molecule has 0 aliphatic heterocycles. The highest BCUT2D eigenvalue weighted by molar-refractivity contribution is 7.46. The molecule has 0 spiro atoms. The average molecular weight is 579 g/mol. The summed E-state index contributed by atoms with van der Waals surface area (Å²) in [6.45, 7) is 5.95. The predicted octanol–water partition coefficient (Wildman–Crippen LogP) is 8.42. The van der Waals surface area contributed by atoms with E-state index in [1.54, 1.807) is 0 Å². The fraction of sp³-hybridized carbons (Fsp3) is 0.933. The van der Waals surface area contributed by atoms with E-state index in [4.69, 9.17) is 19.3 Å². The topological polar surface area (TPSA) is 119 Å². The molecule has 0 aliphatic carbocycles. The van der Waals surface area contributed by atoms with Gasteiger partial charge in [0.2, 0.25) is 0 Å². The molecular formula is C30H59O8P. The zero-order valence-electron chi connectivity index (χ0n) is 25.2. The summed E-state index contributed by atoms with van der Waals surface area (Å²) in [5.41, 5.74) is 0. The lowest BCUT2D eigenvalue weighted by Crippen LogP contribution is -2.29. The molecule has 0 aromatic carbocycles. The lowest BCUT2D eigenvalue weighted by molar-refractivity contribution is -0.161. The summed E-state index contributed by atoms with van der Waals surface area (Å²) in [7, 11) is -4.73. The molecule has 0 fully saturated rings. The van der Waals surface area contributed by atoms with Crippen LogP contribution in [0.4, 0.5) is 0 Å². The van der Waals surface area contributed by atoms with Gasteiger partial charge in [-0.05, 0) is 18.8 Å². The molecule has 0 aliphatic rings. The lowest BCUT2D eigenvalue weighted by atomic mass is 9.99. The normalized spacial score (nSPS) is 13.3. The van der Waals surface area contributed by atoms with E-state index in [2.05, 4.69) is 25.3 Å². The van der Waals surface area contributed by atoms with E-state index in [1.165, 1.54) is 77.0 Å². The van der Waals surface area contributed by atoms with Gasteiger partial charge in [0.1, 0.15) is 6.61 Å². The molecule has 2 N–H and O–H groups in total. The van der Waals surface area contributed by atoms with E-state index >= 15 is 0 Å². The van der Waals surface area contributed by atoms with Crippen molar-refractivity contribution >= 4 is 19.8 Å². The van der Waals surface area contributed by atoms with Crippen molar-refractivity contribution in [2.24, 2.45) is 5.92 Å². The molecule has 1 unspecified atom stereocenters. The molecule has 2 atom stereocenters. The van der Waals surface area contributed by atoms with Gasteiger partial charge in [-0.15, -0.1) is 0 Å². The van der Waals surface area contributed by atoms with Gasteiger partial charge in [0.25, 0.3) is 0 Å². The summed E-state index contributed by atoms with van der Waals surface area (Å²) >= 11 is 0. The Kier molecular flexibility index (Phi) is 25.3. The molecule has 0 saturated carbocycles. The second-order valence-electron chi connectivity index (χ2n) is 11.0. The van der Waals surface area contributed by atoms with E-state index in [0.29, 0.717) is 6.42 Å². The first-order chi connectivity index (χ1) is 18.7. The van der Waals surface area contributed by atoms with Gasteiger partial charge >= 0.3 is 19.8 Å². The first-order valence-corrected chi connectivity index (χ1v) is 17.3. The SMILES string of the molecule is CCCCCCCCCC(=O)OC[C@H](COP(=O)(O)O)OC(=O)CCCCCCCCCCCCC(C)CC. The van der Waals surface area contributed by atoms with Crippen molar-refractivity contribution < 1.29 is 37.9 Å². The van der Waals surface area contributed by atoms with E-state index in [-0.39, 0.29) is 19.4 Å². The maximum atomic E-state index is 12.3. The molecule has 0 aromatic rings. The third-order valence-electron chi connectivity index (χ3n) is 7.17. The number of esters is 2. The standard InChI is InChI=1S/C30H59O8P/c1-4-6-7-8-13-17-20-23-29(31)36-25-28(26-37-39(33,34)35)38-30(32)24-21-18-15-12-10-9-11-14-16-19-22-27(3)5-2/h27-28H,4-26H2,1-3H3,(H2,33,34,35)/t27?,28-/m1/s1. The Morgan fingerprint density at radius 3 is 1.62 bits per heavy atom. The van der Waals surface area contributed by atoms with Crippen LogP contribution in [0, 0.1) is 5.92 Å². The van der Waals surface area contributed by atoms with Gasteiger partial charge in [0, 0.05) is 12.8 Å². The third kappa shape index (κ3) is 28.4. The van der Waals surface area contributed by atoms with Gasteiger partial charge in [-0.25, -0.2) is 4.57 Å². The van der Waals surface area contributed by atoms with Gasteiger partial charge < -0.3 is 19.3 Å². The number of phosphoric acid groups is 1. The van der Waals surface area contributed by atoms with Gasteiger partial charge in [0.15, 0.2) is 6.10 Å². The summed E-state index contributed by atoms with van der Waals surface area (Å²) in [5.74, 6) is -0.0370. The van der Waals surface area contributed by atoms with Crippen LogP contribution in [0.3, 0.4) is 0 Å². The van der Waals surface area contributed by atoms with Crippen LogP contribution in [-0.4, -0.2) is 41.0 Å². The van der Waals surface area contributed by atoms with Crippen LogP contribution in [0.5, 0.6) is 0 Å². The molecule has 0 rings (SSSR count). The number of rotatable bonds is 28. The number of phosphoric ester groups is 1. The molecule has 8 nitrogen and oxygen atoms in total. The number of hydrogen-bond donors (Lipinski definition) is 2. The van der Waals surface area contributed by atoms with Gasteiger partial charge in [0.05, 0.1) is 6.61 Å². The maximum Gasteiger partial charge on any atom is 0.469 e. The van der Waals surface area contributed by atoms with Crippen LogP contribution in [0.2, 0.25) is 0 Å². The van der Waals surface area contributed by atoms with Crippen LogP contribution in [0.25, 0.3) is 0 Å². The van der Waals surface area contributed by atoms with Crippen molar-refractivity contribution in [2.45, 2.75) is 162 Å².